The molecule has 2 fully saturated rings. The molecule has 1 aromatic carbocycles. The van der Waals surface area contributed by atoms with Crippen molar-refractivity contribution in [1.82, 2.24) is 4.90 Å². The van der Waals surface area contributed by atoms with E-state index in [9.17, 15) is 0 Å². The van der Waals surface area contributed by atoms with Crippen LogP contribution in [0.5, 0.6) is 5.75 Å². The molecule has 0 amide bonds. The lowest BCUT2D eigenvalue weighted by atomic mass is 10.1. The van der Waals surface area contributed by atoms with Gasteiger partial charge in [0.1, 0.15) is 17.6 Å². The first kappa shape index (κ1) is 26.6. The Morgan fingerprint density at radius 2 is 2.00 bits per heavy atom. The maximum Gasteiger partial charge on any atom is 0.216 e. The van der Waals surface area contributed by atoms with E-state index in [0.717, 1.165) is 43.5 Å². The van der Waals surface area contributed by atoms with E-state index in [1.807, 2.05) is 36.9 Å². The van der Waals surface area contributed by atoms with Crippen molar-refractivity contribution in [2.45, 2.75) is 82.2 Å². The molecule has 0 atom stereocenters. The maximum atomic E-state index is 6.44. The summed E-state index contributed by atoms with van der Waals surface area (Å²) in [5.41, 5.74) is 0. The lowest BCUT2D eigenvalue weighted by Crippen LogP contribution is -2.37. The number of aliphatic imine (C=N–C) groups is 1. The average molecular weight is 505 g/mol. The molecule has 0 aromatic heterocycles. The van der Waals surface area contributed by atoms with E-state index in [-0.39, 0.29) is 12.2 Å². The summed E-state index contributed by atoms with van der Waals surface area (Å²) in [4.78, 5) is 7.85. The number of ether oxygens (including phenoxy) is 3. The Labute approximate surface area is 213 Å². The van der Waals surface area contributed by atoms with Crippen molar-refractivity contribution in [2.75, 3.05) is 13.1 Å². The zero-order valence-electron chi connectivity index (χ0n) is 20.8. The number of thioether (sulfide) groups is 1. The van der Waals surface area contributed by atoms with Crippen molar-refractivity contribution >= 4 is 29.6 Å². The fraction of sp³-hybridized carbons (Fsp3) is 0.519. The Hall–Kier alpha value is -2.05. The van der Waals surface area contributed by atoms with Gasteiger partial charge in [-0.05, 0) is 64.3 Å². The Bertz CT molecular complexity index is 916. The molecule has 3 rings (SSSR count). The summed E-state index contributed by atoms with van der Waals surface area (Å²) in [6.45, 7) is 13.9. The Kier molecular flexibility index (Phi) is 10.3. The van der Waals surface area contributed by atoms with Crippen LogP contribution in [0.15, 0.2) is 64.3 Å². The number of hydrogen-bond acceptors (Lipinski definition) is 6. The second-order valence-electron chi connectivity index (χ2n) is 8.77. The number of rotatable bonds is 12. The molecule has 0 radical (unpaired) electrons. The third-order valence-corrected chi connectivity index (χ3v) is 6.91. The van der Waals surface area contributed by atoms with Crippen molar-refractivity contribution in [3.8, 4) is 5.75 Å². The average Bonchev–Trinajstić information content (AvgIpc) is 3.60. The number of benzene rings is 1. The number of nitrogens with zero attached hydrogens (tertiary/aromatic N) is 2. The van der Waals surface area contributed by atoms with Crippen LogP contribution in [0.3, 0.4) is 0 Å². The minimum atomic E-state index is 0.0725. The zero-order chi connectivity index (χ0) is 24.5. The van der Waals surface area contributed by atoms with Crippen molar-refractivity contribution in [3.05, 3.63) is 59.5 Å². The minimum absolute atomic E-state index is 0.0725. The van der Waals surface area contributed by atoms with Crippen LogP contribution in [0.25, 0.3) is 0 Å². The first-order valence-corrected chi connectivity index (χ1v) is 13.5. The van der Waals surface area contributed by atoms with Gasteiger partial charge < -0.3 is 19.1 Å². The van der Waals surface area contributed by atoms with E-state index in [2.05, 4.69) is 43.3 Å². The molecule has 0 unspecified atom stereocenters. The normalized spacial score (nSPS) is 18.0. The molecule has 34 heavy (non-hydrogen) atoms. The molecular weight excluding hydrogens is 468 g/mol. The van der Waals surface area contributed by atoms with Crippen LogP contribution < -0.4 is 4.74 Å². The molecule has 1 saturated carbocycles. The quantitative estimate of drug-likeness (QED) is 0.167. The topological polar surface area (TPSA) is 43.3 Å². The molecule has 1 aliphatic carbocycles. The van der Waals surface area contributed by atoms with Gasteiger partial charge in [0.05, 0.1) is 11.1 Å². The predicted octanol–water partition coefficient (Wildman–Crippen LogP) is 7.58. The molecule has 7 heteroatoms. The van der Waals surface area contributed by atoms with Gasteiger partial charge in [-0.25, -0.2) is 4.99 Å². The van der Waals surface area contributed by atoms with Gasteiger partial charge in [0.15, 0.2) is 5.88 Å². The lowest BCUT2D eigenvalue weighted by molar-refractivity contribution is 0.0168. The Balaban J connectivity index is 1.56. The summed E-state index contributed by atoms with van der Waals surface area (Å²) >= 11 is 8.31. The molecule has 0 spiro atoms. The molecule has 1 aromatic rings. The fourth-order valence-corrected chi connectivity index (χ4v) is 4.96. The molecule has 0 bridgehead atoms. The SMILES string of the molecule is C=C(/C=C(\N=C/C)OC1CCN(/C(=C\CC)OC(C)C)CC1)Oc1ccc(SC2CC2)cc1Cl. The van der Waals surface area contributed by atoms with Crippen LogP contribution in [0.2, 0.25) is 5.02 Å². The van der Waals surface area contributed by atoms with Gasteiger partial charge >= 0.3 is 0 Å². The van der Waals surface area contributed by atoms with Gasteiger partial charge in [-0.2, -0.15) is 0 Å². The second kappa shape index (κ2) is 13.1. The molecular formula is C27H37ClN2O3S. The van der Waals surface area contributed by atoms with Crippen molar-refractivity contribution < 1.29 is 14.2 Å². The molecule has 1 aliphatic heterocycles. The highest BCUT2D eigenvalue weighted by Crippen LogP contribution is 2.41. The zero-order valence-corrected chi connectivity index (χ0v) is 22.3. The van der Waals surface area contributed by atoms with E-state index < -0.39 is 0 Å². The van der Waals surface area contributed by atoms with Crippen molar-refractivity contribution in [1.29, 1.82) is 0 Å². The van der Waals surface area contributed by atoms with E-state index in [1.165, 1.54) is 17.7 Å². The number of halogens is 1. The number of hydrogen-bond donors (Lipinski definition) is 0. The van der Waals surface area contributed by atoms with Gasteiger partial charge in [0.25, 0.3) is 0 Å². The highest BCUT2D eigenvalue weighted by atomic mass is 35.5. The van der Waals surface area contributed by atoms with E-state index in [4.69, 9.17) is 25.8 Å². The standard InChI is InChI=1S/C27H37ClN2O3S/c1-6-8-27(31-19(3)4)30-15-13-21(14-16-30)33-26(29-7-2)17-20(5)32-25-12-11-23(18-24(25)28)34-22-9-10-22/h7-8,11-12,17-19,21-22H,5-6,9-10,13-16H2,1-4H3/b26-17+,27-8+,29-7-. The van der Waals surface area contributed by atoms with Crippen LogP contribution >= 0.6 is 23.4 Å². The van der Waals surface area contributed by atoms with Crippen LogP contribution in [-0.4, -0.2) is 41.7 Å². The fourth-order valence-electron chi connectivity index (χ4n) is 3.59. The van der Waals surface area contributed by atoms with Gasteiger partial charge in [-0.3, -0.25) is 0 Å². The van der Waals surface area contributed by atoms with Crippen molar-refractivity contribution in [3.63, 3.8) is 0 Å². The van der Waals surface area contributed by atoms with Gasteiger partial charge in [0.2, 0.25) is 5.88 Å². The van der Waals surface area contributed by atoms with Crippen LogP contribution in [0, 0.1) is 0 Å². The molecule has 186 valence electrons. The second-order valence-corrected chi connectivity index (χ2v) is 10.6. The van der Waals surface area contributed by atoms with Crippen LogP contribution in [-0.2, 0) is 9.47 Å². The van der Waals surface area contributed by atoms with E-state index >= 15 is 0 Å². The molecule has 0 N–H and O–H groups in total. The minimum Gasteiger partial charge on any atom is -0.477 e. The Morgan fingerprint density at radius 3 is 2.59 bits per heavy atom. The maximum absolute atomic E-state index is 6.44. The molecule has 1 saturated heterocycles. The number of piperidine rings is 1. The molecule has 1 heterocycles. The highest BCUT2D eigenvalue weighted by Gasteiger charge is 2.24. The summed E-state index contributed by atoms with van der Waals surface area (Å²) < 4.78 is 18.1. The van der Waals surface area contributed by atoms with E-state index in [0.29, 0.717) is 22.4 Å². The summed E-state index contributed by atoms with van der Waals surface area (Å²) in [6.07, 6.45) is 11.1. The summed E-state index contributed by atoms with van der Waals surface area (Å²) in [5, 5.41) is 1.31. The Morgan fingerprint density at radius 1 is 1.26 bits per heavy atom. The highest BCUT2D eigenvalue weighted by molar-refractivity contribution is 8.00. The summed E-state index contributed by atoms with van der Waals surface area (Å²) in [7, 11) is 0. The molecule has 2 aliphatic rings. The van der Waals surface area contributed by atoms with Gasteiger partial charge in [-0.1, -0.05) is 25.1 Å². The first-order valence-electron chi connectivity index (χ1n) is 12.2. The van der Waals surface area contributed by atoms with Gasteiger partial charge in [-0.15, -0.1) is 11.8 Å². The third kappa shape index (κ3) is 8.62. The smallest absolute Gasteiger partial charge is 0.216 e. The summed E-state index contributed by atoms with van der Waals surface area (Å²) in [6, 6.07) is 5.89. The third-order valence-electron chi connectivity index (χ3n) is 5.29. The van der Waals surface area contributed by atoms with Gasteiger partial charge in [0, 0.05) is 48.4 Å². The van der Waals surface area contributed by atoms with E-state index in [1.54, 1.807) is 12.3 Å². The largest absolute Gasteiger partial charge is 0.477 e. The number of likely N-dealkylation sites (tertiary alicyclic amines) is 1. The predicted molar refractivity (Wildman–Crippen MR) is 143 cm³/mol. The molecule has 5 nitrogen and oxygen atoms in total. The number of allylic oxidation sites excluding steroid dienone is 2. The van der Waals surface area contributed by atoms with Crippen LogP contribution in [0.4, 0.5) is 0 Å². The first-order chi connectivity index (χ1) is 16.4. The van der Waals surface area contributed by atoms with Crippen molar-refractivity contribution in [2.24, 2.45) is 4.99 Å². The van der Waals surface area contributed by atoms with Crippen LogP contribution in [0.1, 0.15) is 59.8 Å². The monoisotopic (exact) mass is 504 g/mol. The lowest BCUT2D eigenvalue weighted by Gasteiger charge is -2.35. The summed E-state index contributed by atoms with van der Waals surface area (Å²) in [5.74, 6) is 2.47.